The molecule has 3 nitrogen and oxygen atoms in total. The fraction of sp³-hybridized carbons (Fsp3) is 0. The molecule has 0 radical (unpaired) electrons. The van der Waals surface area contributed by atoms with Crippen molar-refractivity contribution in [3.05, 3.63) is 72.0 Å². The summed E-state index contributed by atoms with van der Waals surface area (Å²) >= 11 is 0. The molecule has 0 saturated carbocycles. The first-order chi connectivity index (χ1) is 10.1. The van der Waals surface area contributed by atoms with E-state index in [9.17, 15) is 14.3 Å². The van der Waals surface area contributed by atoms with Crippen LogP contribution in [-0.2, 0) is 0 Å². The van der Waals surface area contributed by atoms with Gasteiger partial charge < -0.3 is 10.4 Å². The number of halogens is 1. The van der Waals surface area contributed by atoms with Crippen molar-refractivity contribution in [3.8, 4) is 5.75 Å². The van der Waals surface area contributed by atoms with Crippen molar-refractivity contribution >= 4 is 22.4 Å². The van der Waals surface area contributed by atoms with E-state index in [1.807, 2.05) is 36.4 Å². The number of phenolic OH excluding ortho intramolecular Hbond substituents is 1. The summed E-state index contributed by atoms with van der Waals surface area (Å²) < 4.78 is 13.2. The molecule has 2 N–H and O–H groups in total. The zero-order valence-corrected chi connectivity index (χ0v) is 11.0. The number of benzene rings is 3. The van der Waals surface area contributed by atoms with Crippen LogP contribution >= 0.6 is 0 Å². The van der Waals surface area contributed by atoms with Crippen LogP contribution in [0.2, 0.25) is 0 Å². The van der Waals surface area contributed by atoms with Crippen LogP contribution in [0, 0.1) is 5.82 Å². The molecule has 0 unspecified atom stereocenters. The number of amides is 1. The molecule has 0 aliphatic rings. The van der Waals surface area contributed by atoms with Gasteiger partial charge in [-0.05, 0) is 41.1 Å². The van der Waals surface area contributed by atoms with Crippen LogP contribution in [0.4, 0.5) is 10.1 Å². The first-order valence-corrected chi connectivity index (χ1v) is 6.42. The number of carbonyl (C=O) groups excluding carboxylic acids is 1. The minimum atomic E-state index is -0.573. The van der Waals surface area contributed by atoms with E-state index in [0.717, 1.165) is 29.0 Å². The second kappa shape index (κ2) is 5.25. The lowest BCUT2D eigenvalue weighted by atomic mass is 10.1. The molecule has 3 aromatic carbocycles. The molecule has 104 valence electrons. The molecule has 0 aliphatic carbocycles. The molecule has 0 heterocycles. The van der Waals surface area contributed by atoms with Crippen molar-refractivity contribution in [2.75, 3.05) is 5.32 Å². The van der Waals surface area contributed by atoms with Gasteiger partial charge in [0.05, 0.1) is 5.56 Å². The van der Waals surface area contributed by atoms with Gasteiger partial charge in [-0.3, -0.25) is 4.79 Å². The molecular weight excluding hydrogens is 269 g/mol. The molecule has 3 rings (SSSR count). The molecule has 3 aromatic rings. The maximum absolute atomic E-state index is 13.2. The lowest BCUT2D eigenvalue weighted by Crippen LogP contribution is -2.12. The molecule has 0 spiro atoms. The molecule has 0 fully saturated rings. The third-order valence-corrected chi connectivity index (χ3v) is 3.21. The molecule has 4 heteroatoms. The fourth-order valence-corrected chi connectivity index (χ4v) is 2.16. The number of nitrogens with one attached hydrogen (secondary N) is 1. The Kier molecular flexibility index (Phi) is 3.28. The smallest absolute Gasteiger partial charge is 0.259 e. The normalized spacial score (nSPS) is 10.5. The predicted molar refractivity (Wildman–Crippen MR) is 80.0 cm³/mol. The second-order valence-corrected chi connectivity index (χ2v) is 4.68. The van der Waals surface area contributed by atoms with Gasteiger partial charge >= 0.3 is 0 Å². The zero-order valence-electron chi connectivity index (χ0n) is 11.0. The topological polar surface area (TPSA) is 49.3 Å². The van der Waals surface area contributed by atoms with Gasteiger partial charge in [0.25, 0.3) is 5.91 Å². The van der Waals surface area contributed by atoms with E-state index in [0.29, 0.717) is 5.69 Å². The lowest BCUT2D eigenvalue weighted by Gasteiger charge is -2.08. The SMILES string of the molecule is O=C(Nc1ccc2ccccc2c1)c1cc(F)ccc1O. The summed E-state index contributed by atoms with van der Waals surface area (Å²) in [5.41, 5.74) is 0.491. The van der Waals surface area contributed by atoms with Crippen molar-refractivity contribution in [1.82, 2.24) is 0 Å². The molecule has 21 heavy (non-hydrogen) atoms. The first kappa shape index (κ1) is 13.1. The Balaban J connectivity index is 1.90. The summed E-state index contributed by atoms with van der Waals surface area (Å²) in [4.78, 5) is 12.1. The average molecular weight is 281 g/mol. The van der Waals surface area contributed by atoms with E-state index in [2.05, 4.69) is 5.32 Å². The number of carbonyl (C=O) groups is 1. The van der Waals surface area contributed by atoms with Gasteiger partial charge in [0.1, 0.15) is 11.6 Å². The summed E-state index contributed by atoms with van der Waals surface area (Å²) in [6, 6.07) is 16.5. The Morgan fingerprint density at radius 2 is 1.71 bits per heavy atom. The second-order valence-electron chi connectivity index (χ2n) is 4.68. The van der Waals surface area contributed by atoms with Crippen molar-refractivity contribution in [2.24, 2.45) is 0 Å². The average Bonchev–Trinajstić information content (AvgIpc) is 2.49. The number of aromatic hydroxyl groups is 1. The van der Waals surface area contributed by atoms with Crippen molar-refractivity contribution in [3.63, 3.8) is 0 Å². The van der Waals surface area contributed by atoms with Gasteiger partial charge in [-0.15, -0.1) is 0 Å². The molecule has 0 aromatic heterocycles. The monoisotopic (exact) mass is 281 g/mol. The van der Waals surface area contributed by atoms with Crippen LogP contribution in [0.1, 0.15) is 10.4 Å². The largest absolute Gasteiger partial charge is 0.507 e. The Morgan fingerprint density at radius 3 is 2.52 bits per heavy atom. The van der Waals surface area contributed by atoms with E-state index in [-0.39, 0.29) is 11.3 Å². The van der Waals surface area contributed by atoms with Crippen LogP contribution in [0.25, 0.3) is 10.8 Å². The van der Waals surface area contributed by atoms with Gasteiger partial charge in [0, 0.05) is 5.69 Å². The standard InChI is InChI=1S/C17H12FNO2/c18-13-6-8-16(20)15(10-13)17(21)19-14-7-5-11-3-1-2-4-12(11)9-14/h1-10,20H,(H,19,21). The van der Waals surface area contributed by atoms with Crippen LogP contribution in [0.15, 0.2) is 60.7 Å². The minimum absolute atomic E-state index is 0.0943. The van der Waals surface area contributed by atoms with Gasteiger partial charge in [-0.1, -0.05) is 30.3 Å². The van der Waals surface area contributed by atoms with Crippen molar-refractivity contribution in [2.45, 2.75) is 0 Å². The summed E-state index contributed by atoms with van der Waals surface area (Å²) in [7, 11) is 0. The summed E-state index contributed by atoms with van der Waals surface area (Å²) in [5, 5.41) is 14.3. The highest BCUT2D eigenvalue weighted by atomic mass is 19.1. The number of hydrogen-bond donors (Lipinski definition) is 2. The summed E-state index contributed by atoms with van der Waals surface area (Å²) in [6.45, 7) is 0. The first-order valence-electron chi connectivity index (χ1n) is 6.42. The van der Waals surface area contributed by atoms with Gasteiger partial charge in [0.15, 0.2) is 0 Å². The number of anilines is 1. The van der Waals surface area contributed by atoms with E-state index in [1.54, 1.807) is 6.07 Å². The summed E-state index contributed by atoms with van der Waals surface area (Å²) in [6.07, 6.45) is 0. The Bertz CT molecular complexity index is 830. The maximum atomic E-state index is 13.2. The Morgan fingerprint density at radius 1 is 0.952 bits per heavy atom. The quantitative estimate of drug-likeness (QED) is 0.747. The van der Waals surface area contributed by atoms with E-state index in [1.165, 1.54) is 0 Å². The third kappa shape index (κ3) is 2.69. The number of rotatable bonds is 2. The van der Waals surface area contributed by atoms with Crippen LogP contribution in [0.5, 0.6) is 5.75 Å². The molecule has 0 bridgehead atoms. The minimum Gasteiger partial charge on any atom is -0.507 e. The third-order valence-electron chi connectivity index (χ3n) is 3.21. The highest BCUT2D eigenvalue weighted by Crippen LogP contribution is 2.22. The lowest BCUT2D eigenvalue weighted by molar-refractivity contribution is 0.102. The van der Waals surface area contributed by atoms with Crippen molar-refractivity contribution < 1.29 is 14.3 Å². The van der Waals surface area contributed by atoms with Gasteiger partial charge in [-0.2, -0.15) is 0 Å². The fourth-order valence-electron chi connectivity index (χ4n) is 2.16. The number of phenols is 1. The molecule has 0 atom stereocenters. The molecular formula is C17H12FNO2. The maximum Gasteiger partial charge on any atom is 0.259 e. The van der Waals surface area contributed by atoms with Crippen molar-refractivity contribution in [1.29, 1.82) is 0 Å². The van der Waals surface area contributed by atoms with Crippen LogP contribution in [0.3, 0.4) is 0 Å². The predicted octanol–water partition coefficient (Wildman–Crippen LogP) is 3.94. The summed E-state index contributed by atoms with van der Waals surface area (Å²) in [5.74, 6) is -1.38. The van der Waals surface area contributed by atoms with Crippen LogP contribution in [-0.4, -0.2) is 11.0 Å². The Labute approximate surface area is 120 Å². The zero-order chi connectivity index (χ0) is 14.8. The highest BCUT2D eigenvalue weighted by Gasteiger charge is 2.12. The molecule has 0 aliphatic heterocycles. The van der Waals surface area contributed by atoms with E-state index in [4.69, 9.17) is 0 Å². The Hall–Kier alpha value is -2.88. The number of fused-ring (bicyclic) bond motifs is 1. The molecule has 1 amide bonds. The van der Waals surface area contributed by atoms with Gasteiger partial charge in [-0.25, -0.2) is 4.39 Å². The highest BCUT2D eigenvalue weighted by molar-refractivity contribution is 6.06. The van der Waals surface area contributed by atoms with E-state index >= 15 is 0 Å². The van der Waals surface area contributed by atoms with Crippen LogP contribution < -0.4 is 5.32 Å². The van der Waals surface area contributed by atoms with E-state index < -0.39 is 11.7 Å². The molecule has 0 saturated heterocycles. The number of hydrogen-bond acceptors (Lipinski definition) is 2. The van der Waals surface area contributed by atoms with Gasteiger partial charge in [0.2, 0.25) is 0 Å².